The number of nitrogens with one attached hydrogen (secondary N) is 1. The van der Waals surface area contributed by atoms with Crippen LogP contribution < -0.4 is 0 Å². The summed E-state index contributed by atoms with van der Waals surface area (Å²) in [6, 6.07) is 22.4. The topological polar surface area (TPSA) is 20.1 Å². The zero-order valence-electron chi connectivity index (χ0n) is 15.4. The van der Waals surface area contributed by atoms with Crippen molar-refractivity contribution in [2.24, 2.45) is 0 Å². The Morgan fingerprint density at radius 1 is 1.00 bits per heavy atom. The molecule has 1 aromatic heterocycles. The number of H-pyrrole nitrogens is 1. The largest absolute Gasteiger partial charge is 0.361 e. The van der Waals surface area contributed by atoms with Crippen molar-refractivity contribution in [1.82, 2.24) is 4.98 Å². The lowest BCUT2D eigenvalue weighted by atomic mass is 9.85. The van der Waals surface area contributed by atoms with Crippen LogP contribution in [0.4, 0.5) is 5.69 Å². The molecule has 1 unspecified atom stereocenters. The number of thioether (sulfide) groups is 1. The molecule has 4 aromatic rings. The highest BCUT2D eigenvalue weighted by molar-refractivity contribution is 7.97. The lowest BCUT2D eigenvalue weighted by Crippen LogP contribution is -2.02. The molecule has 28 heavy (non-hydrogen) atoms. The Morgan fingerprint density at radius 2 is 1.68 bits per heavy atom. The van der Waals surface area contributed by atoms with Crippen LogP contribution in [0.25, 0.3) is 15.7 Å². The first kappa shape index (κ1) is 18.7. The molecule has 0 spiro atoms. The molecule has 3 aromatic carbocycles. The Morgan fingerprint density at radius 3 is 2.32 bits per heavy atom. The predicted octanol–water partition coefficient (Wildman–Crippen LogP) is 7.42. The third-order valence-corrected chi connectivity index (χ3v) is 5.86. The molecule has 138 valence electrons. The van der Waals surface area contributed by atoms with E-state index in [1.165, 1.54) is 27.6 Å². The third-order valence-electron chi connectivity index (χ3n) is 5.00. The zero-order chi connectivity index (χ0) is 19.5. The molecular formula is C24H19ClN2S. The molecule has 1 atom stereocenters. The van der Waals surface area contributed by atoms with E-state index >= 15 is 0 Å². The number of hydrogen-bond donors (Lipinski definition) is 1. The van der Waals surface area contributed by atoms with Crippen molar-refractivity contribution in [1.29, 1.82) is 0 Å². The van der Waals surface area contributed by atoms with Crippen molar-refractivity contribution >= 4 is 40.0 Å². The van der Waals surface area contributed by atoms with E-state index in [2.05, 4.69) is 64.7 Å². The van der Waals surface area contributed by atoms with E-state index in [1.54, 1.807) is 0 Å². The second-order valence-corrected chi connectivity index (χ2v) is 8.01. The fourth-order valence-electron chi connectivity index (χ4n) is 3.70. The second kappa shape index (κ2) is 8.14. The summed E-state index contributed by atoms with van der Waals surface area (Å²) in [5.74, 6) is 1.04. The Bertz CT molecular complexity index is 1140. The molecule has 0 aliphatic heterocycles. The number of aromatic nitrogens is 1. The van der Waals surface area contributed by atoms with Crippen molar-refractivity contribution in [3.8, 4) is 0 Å². The van der Waals surface area contributed by atoms with E-state index in [1.807, 2.05) is 36.0 Å². The average molecular weight is 403 g/mol. The number of fused-ring (bicyclic) bond motifs is 1. The van der Waals surface area contributed by atoms with Gasteiger partial charge >= 0.3 is 0 Å². The van der Waals surface area contributed by atoms with Gasteiger partial charge < -0.3 is 4.98 Å². The summed E-state index contributed by atoms with van der Waals surface area (Å²) < 4.78 is 0. The molecular weight excluding hydrogens is 384 g/mol. The van der Waals surface area contributed by atoms with Crippen molar-refractivity contribution in [2.45, 2.75) is 11.7 Å². The molecule has 4 rings (SSSR count). The molecule has 0 radical (unpaired) electrons. The standard InChI is InChI=1S/C24H19ClN2S/c1-26-20-12-8-17(9-13-20)23(16-6-10-19(25)11-7-16)22-14-27-24-18(15-28-2)4-3-5-21(22)24/h3-14,23,27H,15H2,2H3. The van der Waals surface area contributed by atoms with Crippen LogP contribution >= 0.6 is 23.4 Å². The lowest BCUT2D eigenvalue weighted by Gasteiger charge is -2.18. The highest BCUT2D eigenvalue weighted by Gasteiger charge is 2.21. The Labute approximate surface area is 174 Å². The van der Waals surface area contributed by atoms with Crippen LogP contribution in [0, 0.1) is 6.57 Å². The maximum atomic E-state index is 7.22. The van der Waals surface area contributed by atoms with Gasteiger partial charge in [0, 0.05) is 33.8 Å². The van der Waals surface area contributed by atoms with E-state index in [4.69, 9.17) is 18.2 Å². The molecule has 0 bridgehead atoms. The summed E-state index contributed by atoms with van der Waals surface area (Å²) in [6.45, 7) is 7.22. The molecule has 2 nitrogen and oxygen atoms in total. The number of hydrogen-bond acceptors (Lipinski definition) is 1. The van der Waals surface area contributed by atoms with Gasteiger partial charge in [0.25, 0.3) is 0 Å². The van der Waals surface area contributed by atoms with E-state index in [0.717, 1.165) is 16.3 Å². The Balaban J connectivity index is 1.90. The zero-order valence-corrected chi connectivity index (χ0v) is 17.0. The third kappa shape index (κ3) is 3.54. The Hall–Kier alpha value is -2.67. The van der Waals surface area contributed by atoms with Crippen molar-refractivity contribution in [2.75, 3.05) is 6.26 Å². The molecule has 0 amide bonds. The van der Waals surface area contributed by atoms with Crippen molar-refractivity contribution in [3.63, 3.8) is 0 Å². The van der Waals surface area contributed by atoms with Crippen molar-refractivity contribution in [3.05, 3.63) is 112 Å². The van der Waals surface area contributed by atoms with Crippen LogP contribution in [0.3, 0.4) is 0 Å². The minimum absolute atomic E-state index is 0.0651. The highest BCUT2D eigenvalue weighted by atomic mass is 35.5. The molecule has 0 aliphatic carbocycles. The van der Waals surface area contributed by atoms with Crippen LogP contribution in [0.5, 0.6) is 0 Å². The van der Waals surface area contributed by atoms with Gasteiger partial charge in [0.05, 0.1) is 6.57 Å². The number of rotatable bonds is 5. The van der Waals surface area contributed by atoms with Crippen LogP contribution in [0.15, 0.2) is 72.9 Å². The summed E-state index contributed by atoms with van der Waals surface area (Å²) >= 11 is 7.96. The summed E-state index contributed by atoms with van der Waals surface area (Å²) in [4.78, 5) is 7.03. The fraction of sp³-hybridized carbons (Fsp3) is 0.125. The van der Waals surface area contributed by atoms with Gasteiger partial charge in [-0.1, -0.05) is 66.2 Å². The van der Waals surface area contributed by atoms with Crippen LogP contribution in [-0.4, -0.2) is 11.2 Å². The lowest BCUT2D eigenvalue weighted by molar-refractivity contribution is 0.988. The van der Waals surface area contributed by atoms with Gasteiger partial charge in [0.15, 0.2) is 5.69 Å². The molecule has 0 saturated carbocycles. The van der Waals surface area contributed by atoms with E-state index in [0.29, 0.717) is 5.69 Å². The van der Waals surface area contributed by atoms with Gasteiger partial charge in [0.1, 0.15) is 0 Å². The van der Waals surface area contributed by atoms with E-state index in [9.17, 15) is 0 Å². The minimum Gasteiger partial charge on any atom is -0.361 e. The average Bonchev–Trinajstić information content (AvgIpc) is 3.15. The number of para-hydroxylation sites is 1. The predicted molar refractivity (Wildman–Crippen MR) is 121 cm³/mol. The smallest absolute Gasteiger partial charge is 0.187 e. The quantitative estimate of drug-likeness (QED) is 0.344. The van der Waals surface area contributed by atoms with E-state index in [-0.39, 0.29) is 5.92 Å². The molecule has 1 N–H and O–H groups in total. The van der Waals surface area contributed by atoms with Crippen LogP contribution in [0.1, 0.15) is 28.2 Å². The Kier molecular flexibility index (Phi) is 5.43. The maximum absolute atomic E-state index is 7.22. The van der Waals surface area contributed by atoms with Gasteiger partial charge in [-0.2, -0.15) is 11.8 Å². The van der Waals surface area contributed by atoms with Gasteiger partial charge in [0.2, 0.25) is 0 Å². The van der Waals surface area contributed by atoms with Gasteiger partial charge in [-0.3, -0.25) is 0 Å². The number of benzene rings is 3. The summed E-state index contributed by atoms with van der Waals surface area (Å²) in [6.07, 6.45) is 4.24. The second-order valence-electron chi connectivity index (χ2n) is 6.70. The normalized spacial score (nSPS) is 12.0. The van der Waals surface area contributed by atoms with E-state index < -0.39 is 0 Å². The highest BCUT2D eigenvalue weighted by Crippen LogP contribution is 2.38. The van der Waals surface area contributed by atoms with Gasteiger partial charge in [-0.15, -0.1) is 0 Å². The van der Waals surface area contributed by atoms with Crippen molar-refractivity contribution < 1.29 is 0 Å². The SMILES string of the molecule is [C-]#[N+]c1ccc(C(c2ccc(Cl)cc2)c2c[nH]c3c(CSC)cccc23)cc1. The monoisotopic (exact) mass is 402 g/mol. The fourth-order valence-corrected chi connectivity index (χ4v) is 4.38. The number of nitrogens with zero attached hydrogens (tertiary/aromatic N) is 1. The number of aromatic amines is 1. The summed E-state index contributed by atoms with van der Waals surface area (Å²) in [5, 5.41) is 1.97. The first-order valence-electron chi connectivity index (χ1n) is 9.02. The molecule has 4 heteroatoms. The molecule has 0 saturated heterocycles. The van der Waals surface area contributed by atoms with Crippen LogP contribution in [0.2, 0.25) is 5.02 Å². The molecule has 0 aliphatic rings. The summed E-state index contributed by atoms with van der Waals surface area (Å²) in [7, 11) is 0. The molecule has 1 heterocycles. The van der Waals surface area contributed by atoms with Gasteiger partial charge in [-0.25, -0.2) is 4.85 Å². The van der Waals surface area contributed by atoms with Gasteiger partial charge in [-0.05, 0) is 40.6 Å². The minimum atomic E-state index is 0.0651. The summed E-state index contributed by atoms with van der Waals surface area (Å²) in [5.41, 5.74) is 6.73. The first-order valence-corrected chi connectivity index (χ1v) is 10.8. The first-order chi connectivity index (χ1) is 13.7. The van der Waals surface area contributed by atoms with Crippen LogP contribution in [-0.2, 0) is 5.75 Å². The number of halogens is 1. The maximum Gasteiger partial charge on any atom is 0.187 e. The molecule has 0 fully saturated rings.